The molecular weight excluding hydrogens is 416 g/mol. The molecule has 2 heterocycles. The van der Waals surface area contributed by atoms with E-state index in [0.717, 1.165) is 0 Å². The van der Waals surface area contributed by atoms with Gasteiger partial charge in [0.25, 0.3) is 0 Å². The van der Waals surface area contributed by atoms with Crippen molar-refractivity contribution in [3.63, 3.8) is 0 Å². The van der Waals surface area contributed by atoms with E-state index < -0.39 is 54.5 Å². The third-order valence-corrected chi connectivity index (χ3v) is 5.13. The van der Waals surface area contributed by atoms with Crippen molar-refractivity contribution in [1.29, 1.82) is 0 Å². The number of imidazole rings is 1. The van der Waals surface area contributed by atoms with Gasteiger partial charge in [0.2, 0.25) is 17.7 Å². The first-order valence-corrected chi connectivity index (χ1v) is 10.00. The van der Waals surface area contributed by atoms with Gasteiger partial charge in [-0.3, -0.25) is 14.4 Å². The fourth-order valence-corrected chi connectivity index (χ4v) is 3.40. The van der Waals surface area contributed by atoms with Crippen molar-refractivity contribution in [3.8, 4) is 0 Å². The highest BCUT2D eigenvalue weighted by molar-refractivity contribution is 7.80. The van der Waals surface area contributed by atoms with Crippen molar-refractivity contribution in [3.05, 3.63) is 18.2 Å². The third kappa shape index (κ3) is 5.93. The number of carbonyl (C=O) groups excluding carboxylic acids is 3. The number of H-pyrrole nitrogens is 1. The maximum absolute atomic E-state index is 12.7. The number of nitrogens with zero attached hydrogens (tertiary/aromatic N) is 2. The number of carbonyl (C=O) groups is 4. The standard InChI is InChI=1S/C17H26N6O6S/c18-10(6-24)16(27)23-3-1-2-13(23)15(26)22-12(7-30)14(25)21-11(17(28)29)4-9-5-19-8-20-9/h5,8,10-13,24,30H,1-4,6-7,18H2,(H,19,20)(H,21,25)(H,22,26)(H,28,29). The number of carboxylic acids is 1. The number of nitrogens with one attached hydrogen (secondary N) is 3. The molecule has 2 rings (SSSR count). The highest BCUT2D eigenvalue weighted by atomic mass is 32.1. The number of likely N-dealkylation sites (tertiary alicyclic amines) is 1. The van der Waals surface area contributed by atoms with Gasteiger partial charge in [0, 0.05) is 30.6 Å². The van der Waals surface area contributed by atoms with E-state index in [4.69, 9.17) is 10.8 Å². The number of rotatable bonds is 10. The van der Waals surface area contributed by atoms with Gasteiger partial charge < -0.3 is 36.5 Å². The minimum absolute atomic E-state index is 0.0156. The molecule has 12 nitrogen and oxygen atoms in total. The van der Waals surface area contributed by atoms with E-state index in [-0.39, 0.29) is 12.2 Å². The summed E-state index contributed by atoms with van der Waals surface area (Å²) < 4.78 is 0. The van der Waals surface area contributed by atoms with Crippen LogP contribution in [0.4, 0.5) is 0 Å². The van der Waals surface area contributed by atoms with E-state index in [9.17, 15) is 24.3 Å². The molecular formula is C17H26N6O6S. The highest BCUT2D eigenvalue weighted by Crippen LogP contribution is 2.18. The fraction of sp³-hybridized carbons (Fsp3) is 0.588. The number of amides is 3. The number of carboxylic acid groups (broad SMARTS) is 1. The maximum atomic E-state index is 12.7. The quantitative estimate of drug-likeness (QED) is 0.190. The summed E-state index contributed by atoms with van der Waals surface area (Å²) >= 11 is 4.07. The monoisotopic (exact) mass is 442 g/mol. The molecule has 30 heavy (non-hydrogen) atoms. The minimum atomic E-state index is -1.24. The predicted octanol–water partition coefficient (Wildman–Crippen LogP) is -2.75. The molecule has 0 bridgehead atoms. The Hall–Kier alpha value is -2.64. The van der Waals surface area contributed by atoms with Gasteiger partial charge >= 0.3 is 5.97 Å². The van der Waals surface area contributed by atoms with E-state index in [1.165, 1.54) is 17.4 Å². The van der Waals surface area contributed by atoms with Crippen molar-refractivity contribution in [2.24, 2.45) is 5.73 Å². The minimum Gasteiger partial charge on any atom is -0.480 e. The van der Waals surface area contributed by atoms with Crippen LogP contribution in [0.5, 0.6) is 0 Å². The molecule has 0 aliphatic carbocycles. The fourth-order valence-electron chi connectivity index (χ4n) is 3.14. The number of hydrogen-bond acceptors (Lipinski definition) is 8. The first-order chi connectivity index (χ1) is 14.3. The summed E-state index contributed by atoms with van der Waals surface area (Å²) in [5, 5.41) is 23.3. The van der Waals surface area contributed by atoms with Crippen molar-refractivity contribution in [2.45, 2.75) is 43.4 Å². The summed E-state index contributed by atoms with van der Waals surface area (Å²) in [5.74, 6) is -3.15. The Labute approximate surface area is 178 Å². The van der Waals surface area contributed by atoms with Gasteiger partial charge in [-0.1, -0.05) is 0 Å². The molecule has 1 aliphatic heterocycles. The average molecular weight is 442 g/mol. The molecule has 1 fully saturated rings. The molecule has 0 aromatic carbocycles. The van der Waals surface area contributed by atoms with E-state index >= 15 is 0 Å². The summed E-state index contributed by atoms with van der Waals surface area (Å²) in [6.07, 6.45) is 3.78. The predicted molar refractivity (Wildman–Crippen MR) is 107 cm³/mol. The molecule has 13 heteroatoms. The van der Waals surface area contributed by atoms with E-state index in [2.05, 4.69) is 33.2 Å². The number of nitrogens with two attached hydrogens (primary N) is 1. The van der Waals surface area contributed by atoms with Gasteiger partial charge in [0.05, 0.1) is 12.9 Å². The molecule has 0 spiro atoms. The average Bonchev–Trinajstić information content (AvgIpc) is 3.41. The van der Waals surface area contributed by atoms with E-state index in [0.29, 0.717) is 25.1 Å². The van der Waals surface area contributed by atoms with Crippen LogP contribution in [0.15, 0.2) is 12.5 Å². The van der Waals surface area contributed by atoms with Crippen LogP contribution in [0, 0.1) is 0 Å². The summed E-state index contributed by atoms with van der Waals surface area (Å²) in [6.45, 7) is -0.230. The molecule has 1 aliphatic rings. The lowest BCUT2D eigenvalue weighted by atomic mass is 10.1. The number of hydrogen-bond donors (Lipinski definition) is 7. The molecule has 4 unspecified atom stereocenters. The van der Waals surface area contributed by atoms with Gasteiger partial charge in [-0.2, -0.15) is 12.6 Å². The second kappa shape index (κ2) is 10.9. The summed E-state index contributed by atoms with van der Waals surface area (Å²) in [5.41, 5.74) is 6.08. The number of aromatic nitrogens is 2. The maximum Gasteiger partial charge on any atom is 0.326 e. The molecule has 1 aromatic heterocycles. The second-order valence-corrected chi connectivity index (χ2v) is 7.27. The zero-order valence-electron chi connectivity index (χ0n) is 16.2. The smallest absolute Gasteiger partial charge is 0.326 e. The summed E-state index contributed by atoms with van der Waals surface area (Å²) in [6, 6.07) is -4.29. The van der Waals surface area contributed by atoms with E-state index in [1.807, 2.05) is 0 Å². The first kappa shape index (κ1) is 23.6. The van der Waals surface area contributed by atoms with Crippen LogP contribution in [-0.4, -0.2) is 91.8 Å². The highest BCUT2D eigenvalue weighted by Gasteiger charge is 2.37. The number of aliphatic hydroxyl groups is 1. The Morgan fingerprint density at radius 3 is 2.63 bits per heavy atom. The van der Waals surface area contributed by atoms with Crippen LogP contribution in [0.3, 0.4) is 0 Å². The van der Waals surface area contributed by atoms with Crippen molar-refractivity contribution >= 4 is 36.3 Å². The Morgan fingerprint density at radius 1 is 1.33 bits per heavy atom. The van der Waals surface area contributed by atoms with Gasteiger partial charge in [-0.05, 0) is 12.8 Å². The number of aromatic amines is 1. The molecule has 1 aromatic rings. The number of aliphatic carboxylic acids is 1. The van der Waals surface area contributed by atoms with Crippen LogP contribution < -0.4 is 16.4 Å². The zero-order valence-corrected chi connectivity index (χ0v) is 17.0. The normalized spacial score (nSPS) is 19.0. The van der Waals surface area contributed by atoms with Gasteiger partial charge in [0.15, 0.2) is 0 Å². The van der Waals surface area contributed by atoms with Crippen LogP contribution in [0.2, 0.25) is 0 Å². The van der Waals surface area contributed by atoms with Gasteiger partial charge in [-0.15, -0.1) is 0 Å². The van der Waals surface area contributed by atoms with Crippen molar-refractivity contribution in [1.82, 2.24) is 25.5 Å². The largest absolute Gasteiger partial charge is 0.480 e. The SMILES string of the molecule is NC(CO)C(=O)N1CCCC1C(=O)NC(CS)C(=O)NC(Cc1cnc[nH]1)C(=O)O. The Bertz CT molecular complexity index is 760. The lowest BCUT2D eigenvalue weighted by Crippen LogP contribution is -2.57. The molecule has 1 saturated heterocycles. The Balaban J connectivity index is 2.00. The lowest BCUT2D eigenvalue weighted by molar-refractivity contribution is -0.143. The van der Waals surface area contributed by atoms with Crippen LogP contribution >= 0.6 is 12.6 Å². The molecule has 166 valence electrons. The molecule has 7 N–H and O–H groups in total. The van der Waals surface area contributed by atoms with Gasteiger partial charge in [0.1, 0.15) is 24.2 Å². The second-order valence-electron chi connectivity index (χ2n) is 6.90. The molecule has 0 saturated carbocycles. The van der Waals surface area contributed by atoms with Crippen LogP contribution in [0.1, 0.15) is 18.5 Å². The lowest BCUT2D eigenvalue weighted by Gasteiger charge is -2.27. The van der Waals surface area contributed by atoms with Crippen LogP contribution in [0.25, 0.3) is 0 Å². The number of thiol groups is 1. The summed E-state index contributed by atoms with van der Waals surface area (Å²) in [7, 11) is 0. The summed E-state index contributed by atoms with van der Waals surface area (Å²) in [4.78, 5) is 56.8. The third-order valence-electron chi connectivity index (χ3n) is 4.76. The van der Waals surface area contributed by atoms with Crippen molar-refractivity contribution in [2.75, 3.05) is 18.9 Å². The zero-order chi connectivity index (χ0) is 22.3. The number of aliphatic hydroxyl groups excluding tert-OH is 1. The van der Waals surface area contributed by atoms with Crippen molar-refractivity contribution < 1.29 is 29.4 Å². The topological polar surface area (TPSA) is 191 Å². The van der Waals surface area contributed by atoms with Gasteiger partial charge in [-0.25, -0.2) is 9.78 Å². The molecule has 0 radical (unpaired) electrons. The molecule has 3 amide bonds. The molecule has 4 atom stereocenters. The first-order valence-electron chi connectivity index (χ1n) is 9.37. The van der Waals surface area contributed by atoms with E-state index in [1.54, 1.807) is 0 Å². The Morgan fingerprint density at radius 2 is 2.07 bits per heavy atom. The Kier molecular flexibility index (Phi) is 8.62. The van der Waals surface area contributed by atoms with Crippen LogP contribution in [-0.2, 0) is 25.6 Å².